The van der Waals surface area contributed by atoms with Gasteiger partial charge >= 0.3 is 0 Å². The fourth-order valence-electron chi connectivity index (χ4n) is 1.42. The highest BCUT2D eigenvalue weighted by Gasteiger charge is 2.25. The molecule has 6 N–H and O–H groups in total. The normalized spacial score (nSPS) is 12.0. The molecule has 0 aromatic rings. The first-order valence-corrected chi connectivity index (χ1v) is 7.16. The SMILES string of the molecule is CCOCCOCCOCCOCC(CN)(CN)CN. The topological polar surface area (TPSA) is 115 Å². The molecule has 0 atom stereocenters. The Morgan fingerprint density at radius 3 is 1.45 bits per heavy atom. The Bertz CT molecular complexity index is 196. The quantitative estimate of drug-likeness (QED) is 0.329. The molecule has 0 aliphatic rings. The van der Waals surface area contributed by atoms with Crippen molar-refractivity contribution in [2.24, 2.45) is 22.6 Å². The molecule has 0 aliphatic heterocycles. The van der Waals surface area contributed by atoms with E-state index in [9.17, 15) is 0 Å². The van der Waals surface area contributed by atoms with Crippen LogP contribution in [0.15, 0.2) is 0 Å². The van der Waals surface area contributed by atoms with Crippen LogP contribution in [-0.4, -0.2) is 72.5 Å². The highest BCUT2D eigenvalue weighted by Crippen LogP contribution is 2.11. The van der Waals surface area contributed by atoms with E-state index in [0.29, 0.717) is 72.5 Å². The van der Waals surface area contributed by atoms with Crippen molar-refractivity contribution in [1.82, 2.24) is 0 Å². The van der Waals surface area contributed by atoms with Crippen LogP contribution >= 0.6 is 0 Å². The summed E-state index contributed by atoms with van der Waals surface area (Å²) in [4.78, 5) is 0. The molecule has 0 aromatic carbocycles. The average molecular weight is 293 g/mol. The fraction of sp³-hybridized carbons (Fsp3) is 1.00. The number of rotatable bonds is 15. The minimum absolute atomic E-state index is 0.317. The molecular weight excluding hydrogens is 262 g/mol. The Morgan fingerprint density at radius 1 is 0.650 bits per heavy atom. The number of hydrogen-bond acceptors (Lipinski definition) is 7. The van der Waals surface area contributed by atoms with Crippen molar-refractivity contribution in [1.29, 1.82) is 0 Å². The summed E-state index contributed by atoms with van der Waals surface area (Å²) in [5, 5.41) is 0. The Morgan fingerprint density at radius 2 is 1.05 bits per heavy atom. The lowest BCUT2D eigenvalue weighted by Crippen LogP contribution is -2.47. The van der Waals surface area contributed by atoms with Gasteiger partial charge < -0.3 is 36.1 Å². The van der Waals surface area contributed by atoms with Crippen molar-refractivity contribution in [3.63, 3.8) is 0 Å². The van der Waals surface area contributed by atoms with E-state index in [-0.39, 0.29) is 5.41 Å². The van der Waals surface area contributed by atoms with Gasteiger partial charge in [0, 0.05) is 31.7 Å². The van der Waals surface area contributed by atoms with E-state index >= 15 is 0 Å². The van der Waals surface area contributed by atoms with Crippen LogP contribution in [-0.2, 0) is 18.9 Å². The minimum atomic E-state index is -0.317. The van der Waals surface area contributed by atoms with Crippen LogP contribution in [0.1, 0.15) is 6.92 Å². The largest absolute Gasteiger partial charge is 0.379 e. The summed E-state index contributed by atoms with van der Waals surface area (Å²) >= 11 is 0. The first-order valence-electron chi connectivity index (χ1n) is 7.16. The van der Waals surface area contributed by atoms with Crippen molar-refractivity contribution in [3.05, 3.63) is 0 Å². The molecule has 0 radical (unpaired) electrons. The molecule has 0 fully saturated rings. The van der Waals surface area contributed by atoms with Crippen molar-refractivity contribution in [2.45, 2.75) is 6.92 Å². The van der Waals surface area contributed by atoms with Crippen LogP contribution < -0.4 is 17.2 Å². The molecule has 0 bridgehead atoms. The summed E-state index contributed by atoms with van der Waals surface area (Å²) < 4.78 is 21.3. The molecule has 0 saturated heterocycles. The summed E-state index contributed by atoms with van der Waals surface area (Å²) in [7, 11) is 0. The van der Waals surface area contributed by atoms with Gasteiger partial charge in [0.25, 0.3) is 0 Å². The molecule has 122 valence electrons. The maximum absolute atomic E-state index is 5.66. The first-order chi connectivity index (χ1) is 9.74. The van der Waals surface area contributed by atoms with Crippen LogP contribution in [0.25, 0.3) is 0 Å². The van der Waals surface area contributed by atoms with Crippen molar-refractivity contribution < 1.29 is 18.9 Å². The van der Waals surface area contributed by atoms with E-state index in [4.69, 9.17) is 36.1 Å². The van der Waals surface area contributed by atoms with Gasteiger partial charge in [0.05, 0.1) is 46.2 Å². The molecule has 7 heteroatoms. The lowest BCUT2D eigenvalue weighted by atomic mass is 9.89. The third kappa shape index (κ3) is 9.60. The predicted octanol–water partition coefficient (Wildman–Crippen LogP) is -1.06. The predicted molar refractivity (Wildman–Crippen MR) is 78.5 cm³/mol. The van der Waals surface area contributed by atoms with E-state index < -0.39 is 0 Å². The Kier molecular flexibility index (Phi) is 13.5. The molecule has 0 aromatic heterocycles. The van der Waals surface area contributed by atoms with Gasteiger partial charge in [0.15, 0.2) is 0 Å². The molecule has 7 nitrogen and oxygen atoms in total. The summed E-state index contributed by atoms with van der Waals surface area (Å²) in [5.74, 6) is 0. The second-order valence-corrected chi connectivity index (χ2v) is 4.59. The lowest BCUT2D eigenvalue weighted by Gasteiger charge is -2.28. The molecule has 0 saturated carbocycles. The Labute approximate surface area is 122 Å². The van der Waals surface area contributed by atoms with Crippen LogP contribution in [0.2, 0.25) is 0 Å². The van der Waals surface area contributed by atoms with Crippen LogP contribution in [0, 0.1) is 5.41 Å². The third-order valence-corrected chi connectivity index (χ3v) is 3.03. The lowest BCUT2D eigenvalue weighted by molar-refractivity contribution is -0.0132. The van der Waals surface area contributed by atoms with E-state index in [0.717, 1.165) is 0 Å². The highest BCUT2D eigenvalue weighted by molar-refractivity contribution is 4.82. The Hall–Kier alpha value is -0.280. The van der Waals surface area contributed by atoms with Gasteiger partial charge in [0.1, 0.15) is 0 Å². The summed E-state index contributed by atoms with van der Waals surface area (Å²) in [6.45, 7) is 7.76. The van der Waals surface area contributed by atoms with Gasteiger partial charge in [-0.15, -0.1) is 0 Å². The van der Waals surface area contributed by atoms with Crippen molar-refractivity contribution >= 4 is 0 Å². The third-order valence-electron chi connectivity index (χ3n) is 3.03. The average Bonchev–Trinajstić information content (AvgIpc) is 2.49. The standard InChI is InChI=1S/C13H31N3O4/c1-2-17-3-4-18-5-6-19-7-8-20-12-13(9-14,10-15)11-16/h2-12,14-16H2,1H3. The molecule has 0 heterocycles. The zero-order chi connectivity index (χ0) is 15.1. The monoisotopic (exact) mass is 293 g/mol. The van der Waals surface area contributed by atoms with E-state index in [2.05, 4.69) is 0 Å². The van der Waals surface area contributed by atoms with Gasteiger partial charge in [-0.05, 0) is 6.92 Å². The summed E-state index contributed by atoms with van der Waals surface area (Å²) in [6, 6.07) is 0. The maximum atomic E-state index is 5.66. The molecular formula is C13H31N3O4. The second kappa shape index (κ2) is 13.7. The van der Waals surface area contributed by atoms with E-state index in [1.807, 2.05) is 6.92 Å². The van der Waals surface area contributed by atoms with Gasteiger partial charge in [-0.2, -0.15) is 0 Å². The summed E-state index contributed by atoms with van der Waals surface area (Å²) in [6.07, 6.45) is 0. The van der Waals surface area contributed by atoms with Gasteiger partial charge in [0.2, 0.25) is 0 Å². The minimum Gasteiger partial charge on any atom is -0.379 e. The molecule has 0 rings (SSSR count). The molecule has 0 unspecified atom stereocenters. The number of ether oxygens (including phenoxy) is 4. The number of nitrogens with two attached hydrogens (primary N) is 3. The first kappa shape index (κ1) is 19.7. The fourth-order valence-corrected chi connectivity index (χ4v) is 1.42. The van der Waals surface area contributed by atoms with E-state index in [1.54, 1.807) is 0 Å². The van der Waals surface area contributed by atoms with Crippen molar-refractivity contribution in [3.8, 4) is 0 Å². The van der Waals surface area contributed by atoms with Crippen LogP contribution in [0.3, 0.4) is 0 Å². The highest BCUT2D eigenvalue weighted by atomic mass is 16.6. The van der Waals surface area contributed by atoms with E-state index in [1.165, 1.54) is 0 Å². The summed E-state index contributed by atoms with van der Waals surface area (Å²) in [5.41, 5.74) is 16.7. The molecule has 0 aliphatic carbocycles. The van der Waals surface area contributed by atoms with Crippen molar-refractivity contribution in [2.75, 3.05) is 72.5 Å². The molecule has 20 heavy (non-hydrogen) atoms. The van der Waals surface area contributed by atoms with Gasteiger partial charge in [-0.3, -0.25) is 0 Å². The maximum Gasteiger partial charge on any atom is 0.0701 e. The molecule has 0 amide bonds. The van der Waals surface area contributed by atoms with Crippen LogP contribution in [0.4, 0.5) is 0 Å². The number of hydrogen-bond donors (Lipinski definition) is 3. The van der Waals surface area contributed by atoms with Gasteiger partial charge in [-0.1, -0.05) is 0 Å². The Balaban J connectivity index is 3.32. The zero-order valence-corrected chi connectivity index (χ0v) is 12.6. The molecule has 0 spiro atoms. The second-order valence-electron chi connectivity index (χ2n) is 4.59. The van der Waals surface area contributed by atoms with Gasteiger partial charge in [-0.25, -0.2) is 0 Å². The zero-order valence-electron chi connectivity index (χ0n) is 12.6. The van der Waals surface area contributed by atoms with Crippen LogP contribution in [0.5, 0.6) is 0 Å². The smallest absolute Gasteiger partial charge is 0.0701 e.